The molecule has 1 atom stereocenters. The molecule has 0 unspecified atom stereocenters. The molecule has 1 aromatic rings. The maximum atomic E-state index is 8.64. The van der Waals surface area contributed by atoms with E-state index in [1.165, 1.54) is 0 Å². The SMILES string of the molecule is CN(C)[C@@H](C(N)=NO)c1ccncc1. The van der Waals surface area contributed by atoms with Gasteiger partial charge in [-0.2, -0.15) is 0 Å². The van der Waals surface area contributed by atoms with E-state index >= 15 is 0 Å². The average Bonchev–Trinajstić information content (AvgIpc) is 2.19. The molecule has 0 aromatic carbocycles. The third-order valence-corrected chi connectivity index (χ3v) is 1.93. The van der Waals surface area contributed by atoms with Crippen molar-refractivity contribution in [2.24, 2.45) is 10.9 Å². The lowest BCUT2D eigenvalue weighted by Gasteiger charge is -2.22. The molecule has 1 rings (SSSR count). The molecule has 0 radical (unpaired) electrons. The molecule has 3 N–H and O–H groups in total. The summed E-state index contributed by atoms with van der Waals surface area (Å²) in [6.07, 6.45) is 3.35. The van der Waals surface area contributed by atoms with Crippen molar-refractivity contribution in [2.75, 3.05) is 14.1 Å². The van der Waals surface area contributed by atoms with Crippen molar-refractivity contribution in [3.05, 3.63) is 30.1 Å². The van der Waals surface area contributed by atoms with E-state index in [1.54, 1.807) is 12.4 Å². The van der Waals surface area contributed by atoms with Gasteiger partial charge in [-0.05, 0) is 31.8 Å². The van der Waals surface area contributed by atoms with Crippen molar-refractivity contribution >= 4 is 5.84 Å². The molecule has 0 amide bonds. The Morgan fingerprint density at radius 3 is 2.50 bits per heavy atom. The molecule has 0 aliphatic carbocycles. The lowest BCUT2D eigenvalue weighted by molar-refractivity contribution is 0.301. The van der Waals surface area contributed by atoms with Crippen molar-refractivity contribution in [1.29, 1.82) is 0 Å². The third kappa shape index (κ3) is 2.20. The van der Waals surface area contributed by atoms with E-state index in [1.807, 2.05) is 31.1 Å². The smallest absolute Gasteiger partial charge is 0.161 e. The van der Waals surface area contributed by atoms with Gasteiger partial charge in [0.25, 0.3) is 0 Å². The molecule has 0 aliphatic rings. The Bertz CT molecular complexity index is 310. The zero-order valence-electron chi connectivity index (χ0n) is 8.25. The fourth-order valence-electron chi connectivity index (χ4n) is 1.33. The zero-order chi connectivity index (χ0) is 10.6. The molecule has 76 valence electrons. The highest BCUT2D eigenvalue weighted by molar-refractivity contribution is 5.86. The van der Waals surface area contributed by atoms with E-state index in [0.717, 1.165) is 5.56 Å². The van der Waals surface area contributed by atoms with Gasteiger partial charge in [0.15, 0.2) is 5.84 Å². The van der Waals surface area contributed by atoms with Crippen LogP contribution in [0, 0.1) is 0 Å². The second-order valence-corrected chi connectivity index (χ2v) is 3.17. The predicted octanol–water partition coefficient (Wildman–Crippen LogP) is 0.431. The minimum Gasteiger partial charge on any atom is -0.409 e. The van der Waals surface area contributed by atoms with Crippen LogP contribution in [-0.4, -0.2) is 35.0 Å². The van der Waals surface area contributed by atoms with Crippen LogP contribution in [0.2, 0.25) is 0 Å². The summed E-state index contributed by atoms with van der Waals surface area (Å²) >= 11 is 0. The topological polar surface area (TPSA) is 74.7 Å². The number of hydrogen-bond donors (Lipinski definition) is 2. The van der Waals surface area contributed by atoms with Gasteiger partial charge in [0.2, 0.25) is 0 Å². The molecule has 1 aromatic heterocycles. The summed E-state index contributed by atoms with van der Waals surface area (Å²) in [5, 5.41) is 11.7. The summed E-state index contributed by atoms with van der Waals surface area (Å²) < 4.78 is 0. The fraction of sp³-hybridized carbons (Fsp3) is 0.333. The van der Waals surface area contributed by atoms with Crippen LogP contribution in [0.3, 0.4) is 0 Å². The minimum atomic E-state index is -0.219. The first-order valence-corrected chi connectivity index (χ1v) is 4.20. The summed E-state index contributed by atoms with van der Waals surface area (Å²) in [4.78, 5) is 5.78. The number of oxime groups is 1. The first-order chi connectivity index (χ1) is 6.66. The lowest BCUT2D eigenvalue weighted by atomic mass is 10.1. The molecule has 0 bridgehead atoms. The largest absolute Gasteiger partial charge is 0.409 e. The minimum absolute atomic E-state index is 0.168. The molecular formula is C9H14N4O. The second kappa shape index (κ2) is 4.57. The average molecular weight is 194 g/mol. The predicted molar refractivity (Wildman–Crippen MR) is 54.1 cm³/mol. The molecular weight excluding hydrogens is 180 g/mol. The molecule has 1 heterocycles. The quantitative estimate of drug-likeness (QED) is 0.317. The summed E-state index contributed by atoms with van der Waals surface area (Å²) in [6, 6.07) is 3.45. The Morgan fingerprint density at radius 2 is 2.07 bits per heavy atom. The molecule has 14 heavy (non-hydrogen) atoms. The Labute approximate surface area is 82.9 Å². The third-order valence-electron chi connectivity index (χ3n) is 1.93. The van der Waals surface area contributed by atoms with Crippen molar-refractivity contribution in [1.82, 2.24) is 9.88 Å². The Hall–Kier alpha value is -1.62. The van der Waals surface area contributed by atoms with Crippen molar-refractivity contribution < 1.29 is 5.21 Å². The number of nitrogens with zero attached hydrogens (tertiary/aromatic N) is 3. The Morgan fingerprint density at radius 1 is 1.50 bits per heavy atom. The van der Waals surface area contributed by atoms with Crippen molar-refractivity contribution in [2.45, 2.75) is 6.04 Å². The van der Waals surface area contributed by atoms with Gasteiger partial charge in [-0.3, -0.25) is 9.88 Å². The van der Waals surface area contributed by atoms with Gasteiger partial charge in [0.1, 0.15) is 0 Å². The number of pyridine rings is 1. The van der Waals surface area contributed by atoms with Gasteiger partial charge in [-0.1, -0.05) is 5.16 Å². The van der Waals surface area contributed by atoms with E-state index in [0.29, 0.717) is 0 Å². The van der Waals surface area contributed by atoms with E-state index < -0.39 is 0 Å². The van der Waals surface area contributed by atoms with Crippen LogP contribution in [0.25, 0.3) is 0 Å². The summed E-state index contributed by atoms with van der Waals surface area (Å²) in [5.74, 6) is 0.168. The van der Waals surface area contributed by atoms with E-state index in [2.05, 4.69) is 10.1 Å². The standard InChI is InChI=1S/C9H14N4O/c1-13(2)8(9(10)12-14)7-3-5-11-6-4-7/h3-6,8,14H,1-2H3,(H2,10,12)/t8-/m1/s1. The van der Waals surface area contributed by atoms with E-state index in [9.17, 15) is 0 Å². The first kappa shape index (κ1) is 10.5. The monoisotopic (exact) mass is 194 g/mol. The van der Waals surface area contributed by atoms with Gasteiger partial charge in [-0.25, -0.2) is 0 Å². The lowest BCUT2D eigenvalue weighted by Crippen LogP contribution is -2.33. The summed E-state index contributed by atoms with van der Waals surface area (Å²) in [5.41, 5.74) is 6.53. The molecule has 0 fully saturated rings. The molecule has 5 heteroatoms. The number of likely N-dealkylation sites (N-methyl/N-ethyl adjacent to an activating group) is 1. The molecule has 5 nitrogen and oxygen atoms in total. The van der Waals surface area contributed by atoms with E-state index in [4.69, 9.17) is 10.9 Å². The van der Waals surface area contributed by atoms with Crippen LogP contribution >= 0.6 is 0 Å². The molecule has 0 saturated carbocycles. The van der Waals surface area contributed by atoms with Crippen LogP contribution < -0.4 is 5.73 Å². The number of amidine groups is 1. The van der Waals surface area contributed by atoms with Crippen molar-refractivity contribution in [3.63, 3.8) is 0 Å². The number of aromatic nitrogens is 1. The van der Waals surface area contributed by atoms with Gasteiger partial charge in [-0.15, -0.1) is 0 Å². The first-order valence-electron chi connectivity index (χ1n) is 4.20. The fourth-order valence-corrected chi connectivity index (χ4v) is 1.33. The summed E-state index contributed by atoms with van der Waals surface area (Å²) in [7, 11) is 3.73. The van der Waals surface area contributed by atoms with Crippen LogP contribution in [0.5, 0.6) is 0 Å². The van der Waals surface area contributed by atoms with E-state index in [-0.39, 0.29) is 11.9 Å². The van der Waals surface area contributed by atoms with Gasteiger partial charge in [0, 0.05) is 12.4 Å². The maximum Gasteiger partial charge on any atom is 0.161 e. The second-order valence-electron chi connectivity index (χ2n) is 3.17. The molecule has 0 saturated heterocycles. The molecule has 0 aliphatic heterocycles. The highest BCUT2D eigenvalue weighted by Crippen LogP contribution is 2.16. The number of rotatable bonds is 3. The van der Waals surface area contributed by atoms with Crippen LogP contribution in [-0.2, 0) is 0 Å². The highest BCUT2D eigenvalue weighted by atomic mass is 16.4. The van der Waals surface area contributed by atoms with Gasteiger partial charge >= 0.3 is 0 Å². The van der Waals surface area contributed by atoms with Gasteiger partial charge in [0.05, 0.1) is 6.04 Å². The van der Waals surface area contributed by atoms with Crippen LogP contribution in [0.4, 0.5) is 0 Å². The Kier molecular flexibility index (Phi) is 3.41. The number of nitrogens with two attached hydrogens (primary N) is 1. The number of hydrogen-bond acceptors (Lipinski definition) is 4. The van der Waals surface area contributed by atoms with Crippen molar-refractivity contribution in [3.8, 4) is 0 Å². The Balaban J connectivity index is 3.01. The maximum absolute atomic E-state index is 8.64. The zero-order valence-corrected chi connectivity index (χ0v) is 8.25. The summed E-state index contributed by atoms with van der Waals surface area (Å²) in [6.45, 7) is 0. The molecule has 0 spiro atoms. The van der Waals surface area contributed by atoms with Gasteiger partial charge < -0.3 is 10.9 Å². The normalized spacial score (nSPS) is 14.4. The van der Waals surface area contributed by atoms with Crippen LogP contribution in [0.1, 0.15) is 11.6 Å². The van der Waals surface area contributed by atoms with Crippen LogP contribution in [0.15, 0.2) is 29.7 Å². The highest BCUT2D eigenvalue weighted by Gasteiger charge is 2.18.